The van der Waals surface area contributed by atoms with E-state index in [0.717, 1.165) is 108 Å². The summed E-state index contributed by atoms with van der Waals surface area (Å²) in [5.41, 5.74) is 0. The van der Waals surface area contributed by atoms with E-state index in [4.69, 9.17) is 37.0 Å². The van der Waals surface area contributed by atoms with Crippen LogP contribution in [-0.2, 0) is 65.4 Å². The van der Waals surface area contributed by atoms with Crippen LogP contribution in [0, 0.1) is 11.8 Å². The number of phosphoric acid groups is 2. The fourth-order valence-electron chi connectivity index (χ4n) is 9.00. The highest BCUT2D eigenvalue weighted by molar-refractivity contribution is 7.47. The van der Waals surface area contributed by atoms with Gasteiger partial charge in [0.05, 0.1) is 26.4 Å². The van der Waals surface area contributed by atoms with Gasteiger partial charge in [0, 0.05) is 25.7 Å². The van der Waals surface area contributed by atoms with Crippen LogP contribution in [-0.4, -0.2) is 96.7 Å². The molecule has 0 amide bonds. The number of aliphatic hydroxyl groups is 1. The monoisotopic (exact) mass is 1180 g/mol. The largest absolute Gasteiger partial charge is 0.472 e. The molecule has 0 rings (SSSR count). The maximum atomic E-state index is 12.9. The van der Waals surface area contributed by atoms with E-state index >= 15 is 0 Å². The first kappa shape index (κ1) is 78.1. The Bertz CT molecular complexity index is 1580. The summed E-state index contributed by atoms with van der Waals surface area (Å²) in [5.74, 6) is -0.698. The molecule has 19 heteroatoms. The van der Waals surface area contributed by atoms with Gasteiger partial charge >= 0.3 is 39.5 Å². The smallest absolute Gasteiger partial charge is 0.462 e. The van der Waals surface area contributed by atoms with Gasteiger partial charge in [0.1, 0.15) is 19.3 Å². The van der Waals surface area contributed by atoms with Crippen LogP contribution in [0.15, 0.2) is 0 Å². The second-order valence-corrected chi connectivity index (χ2v) is 25.9. The molecule has 0 fully saturated rings. The van der Waals surface area contributed by atoms with Crippen molar-refractivity contribution >= 4 is 39.5 Å². The van der Waals surface area contributed by atoms with Gasteiger partial charge in [0.25, 0.3) is 0 Å². The maximum Gasteiger partial charge on any atom is 0.472 e. The Labute approximate surface area is 486 Å². The SMILES string of the molecule is CCCCCCCCCCCCC(=O)O[C@H](COC(=O)CCCCCCCCCC)COP(=O)(O)OC[C@H](O)COP(=O)(O)OC[C@@H](COC(=O)CCCCCCCCCCC(C)C)OC(=O)CCCCCCCCCCC(C)C. The van der Waals surface area contributed by atoms with Crippen molar-refractivity contribution in [1.82, 2.24) is 0 Å². The van der Waals surface area contributed by atoms with Crippen LogP contribution in [0.5, 0.6) is 0 Å². The van der Waals surface area contributed by atoms with E-state index in [1.54, 1.807) is 0 Å². The Morgan fingerprint density at radius 1 is 0.338 bits per heavy atom. The summed E-state index contributed by atoms with van der Waals surface area (Å²) in [4.78, 5) is 72.0. The molecule has 0 aromatic carbocycles. The van der Waals surface area contributed by atoms with Gasteiger partial charge in [-0.25, -0.2) is 9.13 Å². The van der Waals surface area contributed by atoms with Gasteiger partial charge in [-0.05, 0) is 37.5 Å². The predicted molar refractivity (Wildman–Crippen MR) is 317 cm³/mol. The van der Waals surface area contributed by atoms with Crippen molar-refractivity contribution in [2.24, 2.45) is 11.8 Å². The summed E-state index contributed by atoms with van der Waals surface area (Å²) in [7, 11) is -9.88. The lowest BCUT2D eigenvalue weighted by molar-refractivity contribution is -0.161. The fraction of sp³-hybridized carbons (Fsp3) is 0.934. The first-order valence-corrected chi connectivity index (χ1v) is 35.0. The zero-order valence-electron chi connectivity index (χ0n) is 51.4. The van der Waals surface area contributed by atoms with Crippen molar-refractivity contribution in [3.63, 3.8) is 0 Å². The van der Waals surface area contributed by atoms with Crippen LogP contribution in [0.2, 0.25) is 0 Å². The van der Waals surface area contributed by atoms with Crippen molar-refractivity contribution in [3.8, 4) is 0 Å². The number of phosphoric ester groups is 2. The molecule has 80 heavy (non-hydrogen) atoms. The third-order valence-corrected chi connectivity index (χ3v) is 15.9. The number of unbranched alkanes of at least 4 members (excludes halogenated alkanes) is 30. The lowest BCUT2D eigenvalue weighted by Crippen LogP contribution is -2.30. The molecule has 17 nitrogen and oxygen atoms in total. The molecule has 3 N–H and O–H groups in total. The fourth-order valence-corrected chi connectivity index (χ4v) is 10.6. The highest BCUT2D eigenvalue weighted by Gasteiger charge is 2.30. The predicted octanol–water partition coefficient (Wildman–Crippen LogP) is 16.5. The van der Waals surface area contributed by atoms with Gasteiger partial charge in [-0.1, -0.05) is 247 Å². The summed E-state index contributed by atoms with van der Waals surface area (Å²) in [5, 5.41) is 10.5. The van der Waals surface area contributed by atoms with E-state index in [9.17, 15) is 43.2 Å². The number of carbonyl (C=O) groups is 4. The molecule has 0 aliphatic rings. The molecule has 0 aliphatic heterocycles. The van der Waals surface area contributed by atoms with Crippen molar-refractivity contribution in [2.45, 2.75) is 317 Å². The Morgan fingerprint density at radius 3 is 0.850 bits per heavy atom. The molecule has 0 saturated carbocycles. The van der Waals surface area contributed by atoms with Crippen LogP contribution in [0.4, 0.5) is 0 Å². The van der Waals surface area contributed by atoms with Crippen molar-refractivity contribution in [3.05, 3.63) is 0 Å². The number of ether oxygens (including phenoxy) is 4. The third kappa shape index (κ3) is 55.3. The average molecular weight is 1190 g/mol. The van der Waals surface area contributed by atoms with Gasteiger partial charge < -0.3 is 33.8 Å². The first-order valence-electron chi connectivity index (χ1n) is 32.0. The Kier molecular flexibility index (Phi) is 52.5. The molecule has 474 valence electrons. The maximum absolute atomic E-state index is 12.9. The zero-order valence-corrected chi connectivity index (χ0v) is 53.2. The third-order valence-electron chi connectivity index (χ3n) is 14.0. The zero-order chi connectivity index (χ0) is 59.4. The summed E-state index contributed by atoms with van der Waals surface area (Å²) in [6.07, 6.45) is 34.9. The number of hydrogen-bond acceptors (Lipinski definition) is 15. The minimum atomic E-state index is -4.94. The summed E-state index contributed by atoms with van der Waals surface area (Å²) >= 11 is 0. The molecule has 0 radical (unpaired) electrons. The second kappa shape index (κ2) is 53.8. The normalized spacial score (nSPS) is 14.4. The van der Waals surface area contributed by atoms with Gasteiger partial charge in [-0.3, -0.25) is 37.3 Å². The lowest BCUT2D eigenvalue weighted by atomic mass is 10.0. The minimum absolute atomic E-state index is 0.104. The van der Waals surface area contributed by atoms with Crippen molar-refractivity contribution in [1.29, 1.82) is 0 Å². The van der Waals surface area contributed by atoms with Crippen molar-refractivity contribution < 1.29 is 80.2 Å². The van der Waals surface area contributed by atoms with E-state index < -0.39 is 97.5 Å². The number of aliphatic hydroxyl groups excluding tert-OH is 1. The topological polar surface area (TPSA) is 237 Å². The molecular formula is C61H118O17P2. The molecule has 0 saturated heterocycles. The van der Waals surface area contributed by atoms with Gasteiger partial charge in [-0.2, -0.15) is 0 Å². The molecule has 2 unspecified atom stereocenters. The Morgan fingerprint density at radius 2 is 0.575 bits per heavy atom. The van der Waals surface area contributed by atoms with Crippen LogP contribution < -0.4 is 0 Å². The number of hydrogen-bond donors (Lipinski definition) is 3. The standard InChI is InChI=1S/C61H118O17P2/c1-7-9-11-13-15-17-18-27-33-39-45-60(65)77-56(49-71-58(63)43-37-31-25-16-14-12-10-8-2)51-75-79(67,68)73-47-55(62)48-74-80(69,70)76-52-57(78-61(66)46-40-34-28-22-20-24-30-36-42-54(5)6)50-72-59(64)44-38-32-26-21-19-23-29-35-41-53(3)4/h53-57,62H,7-52H2,1-6H3,(H,67,68)(H,69,70)/t55-,56+,57+/m0/s1. The van der Waals surface area contributed by atoms with Gasteiger partial charge in [0.15, 0.2) is 12.2 Å². The second-order valence-electron chi connectivity index (χ2n) is 23.0. The lowest BCUT2D eigenvalue weighted by Gasteiger charge is -2.21. The summed E-state index contributed by atoms with van der Waals surface area (Å²) in [6.45, 7) is 9.36. The summed E-state index contributed by atoms with van der Waals surface area (Å²) < 4.78 is 67.8. The van der Waals surface area contributed by atoms with Gasteiger partial charge in [0.2, 0.25) is 0 Å². The Balaban J connectivity index is 5.23. The highest BCUT2D eigenvalue weighted by Crippen LogP contribution is 2.45. The van der Waals surface area contributed by atoms with Gasteiger partial charge in [-0.15, -0.1) is 0 Å². The van der Waals surface area contributed by atoms with Crippen molar-refractivity contribution in [2.75, 3.05) is 39.6 Å². The molecule has 0 spiro atoms. The highest BCUT2D eigenvalue weighted by atomic mass is 31.2. The molecular weight excluding hydrogens is 1070 g/mol. The number of rotatable bonds is 60. The van der Waals surface area contributed by atoms with E-state index in [0.29, 0.717) is 25.7 Å². The average Bonchev–Trinajstić information content (AvgIpc) is 3.41. The molecule has 0 aromatic heterocycles. The summed E-state index contributed by atoms with van der Waals surface area (Å²) in [6, 6.07) is 0. The number of esters is 4. The van der Waals surface area contributed by atoms with Crippen LogP contribution in [0.3, 0.4) is 0 Å². The number of carbonyl (C=O) groups excluding carboxylic acids is 4. The molecule has 0 bridgehead atoms. The van der Waals surface area contributed by atoms with Crippen LogP contribution >= 0.6 is 15.6 Å². The Hall–Kier alpha value is -1.94. The molecule has 0 heterocycles. The van der Waals surface area contributed by atoms with E-state index in [-0.39, 0.29) is 25.7 Å². The minimum Gasteiger partial charge on any atom is -0.462 e. The van der Waals surface area contributed by atoms with E-state index in [1.807, 2.05) is 0 Å². The van der Waals surface area contributed by atoms with E-state index in [1.165, 1.54) is 109 Å². The first-order chi connectivity index (χ1) is 38.4. The van der Waals surface area contributed by atoms with Crippen LogP contribution in [0.25, 0.3) is 0 Å². The molecule has 5 atom stereocenters. The quantitative estimate of drug-likeness (QED) is 0.0222. The van der Waals surface area contributed by atoms with E-state index in [2.05, 4.69) is 41.5 Å². The molecule has 0 aromatic rings. The van der Waals surface area contributed by atoms with Crippen LogP contribution in [0.1, 0.15) is 298 Å². The molecule has 0 aliphatic carbocycles.